The Morgan fingerprint density at radius 3 is 3.00 bits per heavy atom. The van der Waals surface area contributed by atoms with Crippen molar-refractivity contribution in [3.8, 4) is 11.5 Å². The SMILES string of the molecule is C=CC(=O)NCCC1COc2ccccc2O1. The Balaban J connectivity index is 1.82. The fourth-order valence-electron chi connectivity index (χ4n) is 1.63. The van der Waals surface area contributed by atoms with Gasteiger partial charge in [-0.15, -0.1) is 0 Å². The summed E-state index contributed by atoms with van der Waals surface area (Å²) >= 11 is 0. The molecule has 4 heteroatoms. The fraction of sp³-hybridized carbons (Fsp3) is 0.308. The van der Waals surface area contributed by atoms with Gasteiger partial charge in [-0.1, -0.05) is 18.7 Å². The molecule has 1 heterocycles. The van der Waals surface area contributed by atoms with Crippen molar-refractivity contribution < 1.29 is 14.3 Å². The van der Waals surface area contributed by atoms with Gasteiger partial charge in [0.15, 0.2) is 11.5 Å². The number of carbonyl (C=O) groups excluding carboxylic acids is 1. The highest BCUT2D eigenvalue weighted by molar-refractivity contribution is 5.86. The van der Waals surface area contributed by atoms with Gasteiger partial charge in [0.1, 0.15) is 12.7 Å². The van der Waals surface area contributed by atoms with Crippen LogP contribution in [0, 0.1) is 0 Å². The second-order valence-corrected chi connectivity index (χ2v) is 3.78. The van der Waals surface area contributed by atoms with Crippen LogP contribution in [0.2, 0.25) is 0 Å². The largest absolute Gasteiger partial charge is 0.486 e. The van der Waals surface area contributed by atoms with Crippen molar-refractivity contribution in [2.45, 2.75) is 12.5 Å². The molecule has 90 valence electrons. The molecule has 1 amide bonds. The lowest BCUT2D eigenvalue weighted by Gasteiger charge is -2.26. The smallest absolute Gasteiger partial charge is 0.243 e. The highest BCUT2D eigenvalue weighted by Crippen LogP contribution is 2.31. The Hall–Kier alpha value is -1.97. The van der Waals surface area contributed by atoms with Crippen molar-refractivity contribution in [1.29, 1.82) is 0 Å². The number of benzene rings is 1. The van der Waals surface area contributed by atoms with Crippen molar-refractivity contribution >= 4 is 5.91 Å². The second kappa shape index (κ2) is 5.39. The minimum absolute atomic E-state index is 0.0185. The van der Waals surface area contributed by atoms with E-state index in [0.717, 1.165) is 11.5 Å². The first-order chi connectivity index (χ1) is 8.29. The zero-order chi connectivity index (χ0) is 12.1. The maximum atomic E-state index is 11.0. The van der Waals surface area contributed by atoms with Crippen molar-refractivity contribution in [2.75, 3.05) is 13.2 Å². The summed E-state index contributed by atoms with van der Waals surface area (Å²) < 4.78 is 11.3. The quantitative estimate of drug-likeness (QED) is 0.802. The summed E-state index contributed by atoms with van der Waals surface area (Å²) in [6.45, 7) is 4.46. The van der Waals surface area contributed by atoms with Crippen molar-refractivity contribution in [2.24, 2.45) is 0 Å². The first-order valence-corrected chi connectivity index (χ1v) is 5.58. The van der Waals surface area contributed by atoms with Crippen LogP contribution in [0.3, 0.4) is 0 Å². The lowest BCUT2D eigenvalue weighted by molar-refractivity contribution is -0.116. The third-order valence-corrected chi connectivity index (χ3v) is 2.52. The minimum Gasteiger partial charge on any atom is -0.486 e. The zero-order valence-corrected chi connectivity index (χ0v) is 9.52. The molecule has 0 saturated heterocycles. The normalized spacial score (nSPS) is 17.3. The number of carbonyl (C=O) groups is 1. The maximum Gasteiger partial charge on any atom is 0.243 e. The van der Waals surface area contributed by atoms with E-state index in [1.54, 1.807) is 0 Å². The van der Waals surface area contributed by atoms with Crippen LogP contribution in [-0.4, -0.2) is 25.2 Å². The minimum atomic E-state index is -0.165. The molecule has 0 bridgehead atoms. The lowest BCUT2D eigenvalue weighted by atomic mass is 10.2. The van der Waals surface area contributed by atoms with Gasteiger partial charge < -0.3 is 14.8 Å². The number of nitrogens with one attached hydrogen (secondary N) is 1. The van der Waals surface area contributed by atoms with Gasteiger partial charge in [-0.2, -0.15) is 0 Å². The molecule has 1 atom stereocenters. The van der Waals surface area contributed by atoms with Crippen molar-refractivity contribution in [3.63, 3.8) is 0 Å². The van der Waals surface area contributed by atoms with Gasteiger partial charge in [0.2, 0.25) is 5.91 Å². The molecule has 0 radical (unpaired) electrons. The molecular formula is C13H15NO3. The number of rotatable bonds is 4. The molecule has 4 nitrogen and oxygen atoms in total. The Bertz CT molecular complexity index is 417. The molecule has 1 aromatic rings. The van der Waals surface area contributed by atoms with E-state index >= 15 is 0 Å². The number of ether oxygens (including phenoxy) is 2. The summed E-state index contributed by atoms with van der Waals surface area (Å²) in [7, 11) is 0. The van der Waals surface area contributed by atoms with Gasteiger partial charge >= 0.3 is 0 Å². The van der Waals surface area contributed by atoms with Gasteiger partial charge in [0.25, 0.3) is 0 Å². The molecule has 1 aliphatic heterocycles. The number of para-hydroxylation sites is 2. The van der Waals surface area contributed by atoms with E-state index in [0.29, 0.717) is 19.6 Å². The van der Waals surface area contributed by atoms with E-state index in [2.05, 4.69) is 11.9 Å². The van der Waals surface area contributed by atoms with E-state index < -0.39 is 0 Å². The summed E-state index contributed by atoms with van der Waals surface area (Å²) in [5.74, 6) is 1.37. The van der Waals surface area contributed by atoms with Crippen LogP contribution in [0.25, 0.3) is 0 Å². The Morgan fingerprint density at radius 1 is 1.47 bits per heavy atom. The average Bonchev–Trinajstić information content (AvgIpc) is 2.38. The van der Waals surface area contributed by atoms with E-state index in [1.165, 1.54) is 6.08 Å². The standard InChI is InChI=1S/C13H15NO3/c1-2-13(15)14-8-7-10-9-16-11-5-3-4-6-12(11)17-10/h2-6,10H,1,7-9H2,(H,14,15). The Morgan fingerprint density at radius 2 is 2.24 bits per heavy atom. The molecule has 1 aromatic carbocycles. The van der Waals surface area contributed by atoms with Crippen LogP contribution in [0.15, 0.2) is 36.9 Å². The topological polar surface area (TPSA) is 47.6 Å². The molecule has 0 spiro atoms. The Kier molecular flexibility index (Phi) is 3.65. The molecule has 1 N–H and O–H groups in total. The van der Waals surface area contributed by atoms with Gasteiger partial charge in [-0.3, -0.25) is 4.79 Å². The van der Waals surface area contributed by atoms with Crippen molar-refractivity contribution in [3.05, 3.63) is 36.9 Å². The number of hydrogen-bond acceptors (Lipinski definition) is 3. The van der Waals surface area contributed by atoms with Crippen molar-refractivity contribution in [1.82, 2.24) is 5.32 Å². The molecular weight excluding hydrogens is 218 g/mol. The zero-order valence-electron chi connectivity index (χ0n) is 9.52. The molecule has 0 aromatic heterocycles. The van der Waals surface area contributed by atoms with Gasteiger partial charge in [-0.25, -0.2) is 0 Å². The summed E-state index contributed by atoms with van der Waals surface area (Å²) in [4.78, 5) is 11.0. The molecule has 0 fully saturated rings. The van der Waals surface area contributed by atoms with Crippen LogP contribution in [0.5, 0.6) is 11.5 Å². The monoisotopic (exact) mass is 233 g/mol. The summed E-state index contributed by atoms with van der Waals surface area (Å²) in [5, 5.41) is 2.71. The first kappa shape index (κ1) is 11.5. The fourth-order valence-corrected chi connectivity index (χ4v) is 1.63. The summed E-state index contributed by atoms with van der Waals surface area (Å²) in [5.41, 5.74) is 0. The predicted molar refractivity (Wildman–Crippen MR) is 64.2 cm³/mol. The van der Waals surface area contributed by atoms with Crippen LogP contribution in [0.1, 0.15) is 6.42 Å². The predicted octanol–water partition coefficient (Wildman–Crippen LogP) is 1.52. The molecule has 17 heavy (non-hydrogen) atoms. The van der Waals surface area contributed by atoms with E-state index in [9.17, 15) is 4.79 Å². The average molecular weight is 233 g/mol. The van der Waals surface area contributed by atoms with E-state index in [4.69, 9.17) is 9.47 Å². The lowest BCUT2D eigenvalue weighted by Crippen LogP contribution is -2.33. The number of fused-ring (bicyclic) bond motifs is 1. The van der Waals surface area contributed by atoms with Gasteiger partial charge in [-0.05, 0) is 18.2 Å². The van der Waals surface area contributed by atoms with Gasteiger partial charge in [0.05, 0.1) is 0 Å². The Labute approximate surface area is 100 Å². The summed E-state index contributed by atoms with van der Waals surface area (Å²) in [6.07, 6.45) is 1.96. The highest BCUT2D eigenvalue weighted by Gasteiger charge is 2.19. The second-order valence-electron chi connectivity index (χ2n) is 3.78. The van der Waals surface area contributed by atoms with Crippen LogP contribution in [0.4, 0.5) is 0 Å². The van der Waals surface area contributed by atoms with Crippen LogP contribution >= 0.6 is 0 Å². The summed E-state index contributed by atoms with van der Waals surface area (Å²) in [6, 6.07) is 7.58. The molecule has 0 saturated carbocycles. The van der Waals surface area contributed by atoms with E-state index in [1.807, 2.05) is 24.3 Å². The molecule has 0 aliphatic carbocycles. The van der Waals surface area contributed by atoms with Crippen LogP contribution < -0.4 is 14.8 Å². The number of amides is 1. The third-order valence-electron chi connectivity index (χ3n) is 2.52. The van der Waals surface area contributed by atoms with Gasteiger partial charge in [0, 0.05) is 13.0 Å². The number of hydrogen-bond donors (Lipinski definition) is 1. The molecule has 1 aliphatic rings. The third kappa shape index (κ3) is 3.00. The molecule has 2 rings (SSSR count). The van der Waals surface area contributed by atoms with E-state index in [-0.39, 0.29) is 12.0 Å². The highest BCUT2D eigenvalue weighted by atomic mass is 16.6. The van der Waals surface area contributed by atoms with Crippen LogP contribution in [-0.2, 0) is 4.79 Å². The molecule has 1 unspecified atom stereocenters. The first-order valence-electron chi connectivity index (χ1n) is 5.58. The maximum absolute atomic E-state index is 11.0.